The lowest BCUT2D eigenvalue weighted by molar-refractivity contribution is 0.0696. The zero-order valence-corrected chi connectivity index (χ0v) is 10.5. The minimum atomic E-state index is -0.865. The molecular formula is C13H12N2O2S. The number of aromatic carboxylic acids is 1. The van der Waals surface area contributed by atoms with Crippen LogP contribution in [0.25, 0.3) is 0 Å². The maximum Gasteiger partial charge on any atom is 0.335 e. The molecule has 0 fully saturated rings. The molecule has 2 aromatic rings. The van der Waals surface area contributed by atoms with E-state index in [4.69, 9.17) is 5.11 Å². The summed E-state index contributed by atoms with van der Waals surface area (Å²) in [6.07, 6.45) is 1.81. The molecule has 4 nitrogen and oxygen atoms in total. The van der Waals surface area contributed by atoms with Crippen LogP contribution < -0.4 is 0 Å². The van der Waals surface area contributed by atoms with Crippen LogP contribution in [0.4, 0.5) is 0 Å². The van der Waals surface area contributed by atoms with Gasteiger partial charge in [0.05, 0.1) is 12.1 Å². The van der Waals surface area contributed by atoms with Crippen LogP contribution >= 0.6 is 11.3 Å². The molecule has 0 bridgehead atoms. The van der Waals surface area contributed by atoms with Crippen LogP contribution in [0.5, 0.6) is 0 Å². The van der Waals surface area contributed by atoms with Crippen LogP contribution in [0.1, 0.15) is 26.5 Å². The highest BCUT2D eigenvalue weighted by Crippen LogP contribution is 2.25. The van der Waals surface area contributed by atoms with Gasteiger partial charge in [0.2, 0.25) is 0 Å². The minimum Gasteiger partial charge on any atom is -0.478 e. The number of carboxylic acids is 1. The Morgan fingerprint density at radius 3 is 2.94 bits per heavy atom. The fourth-order valence-corrected chi connectivity index (χ4v) is 2.89. The van der Waals surface area contributed by atoms with Gasteiger partial charge in [-0.3, -0.25) is 4.90 Å². The first-order valence-electron chi connectivity index (χ1n) is 5.68. The van der Waals surface area contributed by atoms with Crippen molar-refractivity contribution in [3.63, 3.8) is 0 Å². The number of carbonyl (C=O) groups is 1. The molecule has 92 valence electrons. The second kappa shape index (κ2) is 4.51. The zero-order chi connectivity index (χ0) is 12.5. The van der Waals surface area contributed by atoms with Gasteiger partial charge >= 0.3 is 5.97 Å². The topological polar surface area (TPSA) is 53.4 Å². The molecule has 0 saturated heterocycles. The molecule has 0 spiro atoms. The first kappa shape index (κ1) is 11.4. The standard InChI is InChI=1S/C13H12N2O2S/c16-13(17)9-1-2-10-6-15(7-11(10)5-9)8-12-14-3-4-18-12/h1-5H,6-8H2,(H,16,17). The van der Waals surface area contributed by atoms with E-state index in [2.05, 4.69) is 9.88 Å². The van der Waals surface area contributed by atoms with E-state index in [9.17, 15) is 4.79 Å². The van der Waals surface area contributed by atoms with Gasteiger partial charge in [0.15, 0.2) is 0 Å². The number of carboxylic acid groups (broad SMARTS) is 1. The summed E-state index contributed by atoms with van der Waals surface area (Å²) < 4.78 is 0. The highest BCUT2D eigenvalue weighted by atomic mass is 32.1. The van der Waals surface area contributed by atoms with Crippen LogP contribution in [0.3, 0.4) is 0 Å². The van der Waals surface area contributed by atoms with Gasteiger partial charge < -0.3 is 5.11 Å². The summed E-state index contributed by atoms with van der Waals surface area (Å²) in [5, 5.41) is 12.0. The van der Waals surface area contributed by atoms with Gasteiger partial charge in [-0.1, -0.05) is 6.07 Å². The molecule has 0 radical (unpaired) electrons. The molecule has 1 aliphatic rings. The Balaban J connectivity index is 1.77. The highest BCUT2D eigenvalue weighted by Gasteiger charge is 2.20. The largest absolute Gasteiger partial charge is 0.478 e. The summed E-state index contributed by atoms with van der Waals surface area (Å²) in [5.74, 6) is -0.865. The first-order chi connectivity index (χ1) is 8.72. The van der Waals surface area contributed by atoms with Gasteiger partial charge in [-0.2, -0.15) is 0 Å². The van der Waals surface area contributed by atoms with Gasteiger partial charge in [-0.05, 0) is 23.3 Å². The number of hydrogen-bond acceptors (Lipinski definition) is 4. The summed E-state index contributed by atoms with van der Waals surface area (Å²) >= 11 is 1.65. The summed E-state index contributed by atoms with van der Waals surface area (Å²) in [7, 11) is 0. The SMILES string of the molecule is O=C(O)c1ccc2c(c1)CN(Cc1nccs1)C2. The number of hydrogen-bond donors (Lipinski definition) is 1. The van der Waals surface area contributed by atoms with Gasteiger partial charge in [0.1, 0.15) is 5.01 Å². The van der Waals surface area contributed by atoms with Crippen molar-refractivity contribution < 1.29 is 9.90 Å². The molecule has 18 heavy (non-hydrogen) atoms. The quantitative estimate of drug-likeness (QED) is 0.920. The lowest BCUT2D eigenvalue weighted by Gasteiger charge is -2.11. The molecule has 0 atom stereocenters. The Morgan fingerprint density at radius 2 is 2.22 bits per heavy atom. The number of nitrogens with zero attached hydrogens (tertiary/aromatic N) is 2. The average molecular weight is 260 g/mol. The fraction of sp³-hybridized carbons (Fsp3) is 0.231. The Morgan fingerprint density at radius 1 is 1.39 bits per heavy atom. The van der Waals surface area contributed by atoms with Crippen molar-refractivity contribution in [3.05, 3.63) is 51.5 Å². The average Bonchev–Trinajstić information content (AvgIpc) is 2.96. The molecule has 1 N–H and O–H groups in total. The fourth-order valence-electron chi connectivity index (χ4n) is 2.23. The van der Waals surface area contributed by atoms with Crippen molar-refractivity contribution in [3.8, 4) is 0 Å². The molecular weight excluding hydrogens is 248 g/mol. The number of rotatable bonds is 3. The van der Waals surface area contributed by atoms with Crippen LogP contribution in [0.2, 0.25) is 0 Å². The Kier molecular flexibility index (Phi) is 2.85. The van der Waals surface area contributed by atoms with E-state index in [1.54, 1.807) is 23.5 Å². The maximum absolute atomic E-state index is 10.9. The van der Waals surface area contributed by atoms with E-state index in [0.717, 1.165) is 30.2 Å². The third-order valence-corrected chi connectivity index (χ3v) is 3.85. The third kappa shape index (κ3) is 2.14. The predicted octanol–water partition coefficient (Wildman–Crippen LogP) is 2.36. The van der Waals surface area contributed by atoms with E-state index in [0.29, 0.717) is 5.56 Å². The summed E-state index contributed by atoms with van der Waals surface area (Å²) in [6, 6.07) is 5.37. The molecule has 2 heterocycles. The Bertz CT molecular complexity index is 581. The van der Waals surface area contributed by atoms with E-state index < -0.39 is 5.97 Å². The van der Waals surface area contributed by atoms with Crippen LogP contribution in [-0.4, -0.2) is 21.0 Å². The molecule has 5 heteroatoms. The molecule has 1 aromatic carbocycles. The lowest BCUT2D eigenvalue weighted by Crippen LogP contribution is -2.15. The van der Waals surface area contributed by atoms with Crippen LogP contribution in [-0.2, 0) is 19.6 Å². The Hall–Kier alpha value is -1.72. The summed E-state index contributed by atoms with van der Waals surface area (Å²) in [4.78, 5) is 17.5. The molecule has 0 amide bonds. The predicted molar refractivity (Wildman–Crippen MR) is 68.5 cm³/mol. The van der Waals surface area contributed by atoms with Crippen molar-refractivity contribution in [2.24, 2.45) is 0 Å². The summed E-state index contributed by atoms with van der Waals surface area (Å²) in [6.45, 7) is 2.50. The maximum atomic E-state index is 10.9. The lowest BCUT2D eigenvalue weighted by atomic mass is 10.1. The van der Waals surface area contributed by atoms with E-state index >= 15 is 0 Å². The molecule has 0 saturated carbocycles. The minimum absolute atomic E-state index is 0.366. The summed E-state index contributed by atoms with van der Waals surface area (Å²) in [5.41, 5.74) is 2.70. The smallest absolute Gasteiger partial charge is 0.335 e. The monoisotopic (exact) mass is 260 g/mol. The van der Waals surface area contributed by atoms with Crippen molar-refractivity contribution in [2.75, 3.05) is 0 Å². The van der Waals surface area contributed by atoms with Crippen molar-refractivity contribution in [2.45, 2.75) is 19.6 Å². The van der Waals surface area contributed by atoms with Gasteiger partial charge in [0.25, 0.3) is 0 Å². The van der Waals surface area contributed by atoms with E-state index in [1.807, 2.05) is 17.6 Å². The molecule has 0 aliphatic carbocycles. The van der Waals surface area contributed by atoms with E-state index in [1.165, 1.54) is 5.56 Å². The van der Waals surface area contributed by atoms with Crippen LogP contribution in [0.15, 0.2) is 29.8 Å². The van der Waals surface area contributed by atoms with E-state index in [-0.39, 0.29) is 0 Å². The second-order valence-electron chi connectivity index (χ2n) is 4.36. The number of benzene rings is 1. The van der Waals surface area contributed by atoms with Crippen molar-refractivity contribution in [1.82, 2.24) is 9.88 Å². The highest BCUT2D eigenvalue weighted by molar-refractivity contribution is 7.09. The number of aromatic nitrogens is 1. The molecule has 1 aliphatic heterocycles. The zero-order valence-electron chi connectivity index (χ0n) is 9.67. The second-order valence-corrected chi connectivity index (χ2v) is 5.34. The number of thiazole rings is 1. The third-order valence-electron chi connectivity index (χ3n) is 3.08. The van der Waals surface area contributed by atoms with Gasteiger partial charge in [-0.15, -0.1) is 11.3 Å². The first-order valence-corrected chi connectivity index (χ1v) is 6.56. The Labute approximate surface area is 109 Å². The number of fused-ring (bicyclic) bond motifs is 1. The van der Waals surface area contributed by atoms with Crippen LogP contribution in [0, 0.1) is 0 Å². The molecule has 1 aromatic heterocycles. The molecule has 0 unspecified atom stereocenters. The van der Waals surface area contributed by atoms with Crippen molar-refractivity contribution in [1.29, 1.82) is 0 Å². The normalized spacial score (nSPS) is 14.7. The molecule has 3 rings (SSSR count). The van der Waals surface area contributed by atoms with Crippen molar-refractivity contribution >= 4 is 17.3 Å². The van der Waals surface area contributed by atoms with Gasteiger partial charge in [0, 0.05) is 24.7 Å². The van der Waals surface area contributed by atoms with Gasteiger partial charge in [-0.25, -0.2) is 9.78 Å².